The zero-order chi connectivity index (χ0) is 38.7. The standard InChI is InChI=1S/C44H30N4.C9H7N.Zn/c1-5-13-30(14-6-1)41-39-26-25-36(47-39)28-35-22-21-33(45-35)27-34-23-24-37(46-34)29-40-42(31-15-7-2-8-16-31)43(32-17-9-3-10-18-32)44(41)48(40)38-19-11-4-12-20-38;1-2-6-9-8(4-1)5-3-7-10-9;/h1-29,45H;1-7H;. The minimum absolute atomic E-state index is 0. The molecule has 4 aromatic heterocycles. The van der Waals surface area contributed by atoms with E-state index in [1.54, 1.807) is 0 Å². The number of nitrogens with one attached hydrogen (secondary N) is 1. The molecule has 6 heterocycles. The molecule has 59 heavy (non-hydrogen) atoms. The fourth-order valence-electron chi connectivity index (χ4n) is 7.83. The van der Waals surface area contributed by atoms with Crippen molar-refractivity contribution in [3.05, 3.63) is 217 Å². The summed E-state index contributed by atoms with van der Waals surface area (Å²) in [5, 5.41) is 1.20. The third-order valence-electron chi connectivity index (χ3n) is 10.4. The summed E-state index contributed by atoms with van der Waals surface area (Å²) in [6, 6.07) is 65.4. The van der Waals surface area contributed by atoms with Crippen LogP contribution in [0.5, 0.6) is 0 Å². The van der Waals surface area contributed by atoms with Crippen LogP contribution in [0.4, 0.5) is 0 Å². The Morgan fingerprint density at radius 1 is 0.424 bits per heavy atom. The van der Waals surface area contributed by atoms with Crippen molar-refractivity contribution in [3.8, 4) is 39.1 Å². The van der Waals surface area contributed by atoms with Crippen LogP contribution in [0.1, 0.15) is 22.8 Å². The Bertz CT molecular complexity index is 3080. The van der Waals surface area contributed by atoms with Crippen molar-refractivity contribution in [1.82, 2.24) is 24.5 Å². The molecule has 0 fully saturated rings. The Labute approximate surface area is 355 Å². The largest absolute Gasteiger partial charge is 0.355 e. The summed E-state index contributed by atoms with van der Waals surface area (Å²) in [6.45, 7) is 0. The second-order valence-corrected chi connectivity index (χ2v) is 14.2. The minimum atomic E-state index is 0. The van der Waals surface area contributed by atoms with Crippen molar-refractivity contribution in [3.63, 3.8) is 0 Å². The van der Waals surface area contributed by atoms with E-state index >= 15 is 0 Å². The van der Waals surface area contributed by atoms with Crippen LogP contribution in [0.2, 0.25) is 0 Å². The van der Waals surface area contributed by atoms with Crippen LogP contribution >= 0.6 is 0 Å². The Hall–Kier alpha value is -7.27. The van der Waals surface area contributed by atoms with Crippen molar-refractivity contribution in [2.24, 2.45) is 0 Å². The maximum absolute atomic E-state index is 5.29. The van der Waals surface area contributed by atoms with Gasteiger partial charge in [-0.1, -0.05) is 133 Å². The van der Waals surface area contributed by atoms with Gasteiger partial charge in [0.25, 0.3) is 0 Å². The molecular weight excluding hydrogens is 772 g/mol. The third-order valence-corrected chi connectivity index (χ3v) is 10.4. The molecule has 11 rings (SSSR count). The van der Waals surface area contributed by atoms with Crippen LogP contribution in [0.3, 0.4) is 0 Å². The molecule has 0 radical (unpaired) electrons. The van der Waals surface area contributed by atoms with Gasteiger partial charge in [-0.05, 0) is 95.6 Å². The van der Waals surface area contributed by atoms with Gasteiger partial charge in [0, 0.05) is 64.5 Å². The van der Waals surface area contributed by atoms with Crippen LogP contribution in [0, 0.1) is 0 Å². The summed E-state index contributed by atoms with van der Waals surface area (Å²) < 4.78 is 2.41. The molecule has 0 amide bonds. The number of fused-ring (bicyclic) bond motifs is 9. The summed E-state index contributed by atoms with van der Waals surface area (Å²) >= 11 is 0. The quantitative estimate of drug-likeness (QED) is 0.180. The van der Waals surface area contributed by atoms with Crippen molar-refractivity contribution in [2.45, 2.75) is 0 Å². The number of pyridine rings is 1. The van der Waals surface area contributed by atoms with Crippen LogP contribution in [0.25, 0.3) is 96.3 Å². The number of rotatable bonds is 4. The van der Waals surface area contributed by atoms with Crippen LogP contribution in [-0.4, -0.2) is 24.5 Å². The number of nitrogens with zero attached hydrogens (tertiary/aromatic N) is 4. The van der Waals surface area contributed by atoms with Crippen LogP contribution < -0.4 is 0 Å². The molecule has 2 aliphatic rings. The zero-order valence-corrected chi connectivity index (χ0v) is 35.2. The molecule has 0 aliphatic carbocycles. The molecule has 0 spiro atoms. The summed E-state index contributed by atoms with van der Waals surface area (Å²) in [4.78, 5) is 18.1. The average molecular weight is 809 g/mol. The second kappa shape index (κ2) is 16.7. The minimum Gasteiger partial charge on any atom is -0.355 e. The predicted octanol–water partition coefficient (Wildman–Crippen LogP) is 13.4. The van der Waals surface area contributed by atoms with E-state index in [0.717, 1.165) is 89.4 Å². The van der Waals surface area contributed by atoms with Gasteiger partial charge in [-0.25, -0.2) is 9.97 Å². The van der Waals surface area contributed by atoms with Gasteiger partial charge in [-0.15, -0.1) is 0 Å². The molecule has 2 aliphatic heterocycles. The molecule has 1 N–H and O–H groups in total. The average Bonchev–Trinajstić information content (AvgIpc) is 4.10. The number of hydrogen-bond donors (Lipinski definition) is 1. The molecule has 6 heteroatoms. The van der Waals surface area contributed by atoms with Gasteiger partial charge in [0.1, 0.15) is 0 Å². The first-order valence-electron chi connectivity index (χ1n) is 19.4. The topological polar surface area (TPSA) is 59.4 Å². The van der Waals surface area contributed by atoms with Crippen LogP contribution in [0.15, 0.2) is 194 Å². The normalized spacial score (nSPS) is 11.5. The first-order chi connectivity index (χ1) is 28.7. The Balaban J connectivity index is 0.000000356. The van der Waals surface area contributed by atoms with E-state index in [1.165, 1.54) is 5.39 Å². The van der Waals surface area contributed by atoms with Gasteiger partial charge in [0.2, 0.25) is 0 Å². The smallest absolute Gasteiger partial charge is 0.0737 e. The van der Waals surface area contributed by atoms with Gasteiger partial charge in [0.15, 0.2) is 0 Å². The Morgan fingerprint density at radius 3 is 1.58 bits per heavy atom. The SMILES string of the molecule is C1=Cc2cc3c(-c4ccccc4)c(-c4ccccc4)c(c(-c4ccccc4)c4nc(cc5ccc(cc1n2)[nH]5)C=C4)n3-c1ccccc1.[Zn].c1ccc2ncccc2c1. The number of hydrogen-bond acceptors (Lipinski definition) is 3. The molecular formula is C53H37N5Zn. The summed E-state index contributed by atoms with van der Waals surface area (Å²) in [5.41, 5.74) is 16.5. The van der Waals surface area contributed by atoms with Gasteiger partial charge in [0.05, 0.1) is 39.3 Å². The van der Waals surface area contributed by atoms with Gasteiger partial charge in [-0.2, -0.15) is 0 Å². The number of para-hydroxylation sites is 2. The number of benzene rings is 5. The monoisotopic (exact) mass is 807 g/mol. The van der Waals surface area contributed by atoms with E-state index in [-0.39, 0.29) is 19.5 Å². The Morgan fingerprint density at radius 2 is 0.932 bits per heavy atom. The van der Waals surface area contributed by atoms with E-state index in [4.69, 9.17) is 9.97 Å². The number of H-pyrrole nitrogens is 1. The summed E-state index contributed by atoms with van der Waals surface area (Å²) in [5.74, 6) is 0. The molecule has 276 valence electrons. The molecule has 9 aromatic rings. The first kappa shape index (κ1) is 37.3. The van der Waals surface area contributed by atoms with Gasteiger partial charge in [-0.3, -0.25) is 4.98 Å². The predicted molar refractivity (Wildman–Crippen MR) is 242 cm³/mol. The van der Waals surface area contributed by atoms with Crippen molar-refractivity contribution in [2.75, 3.05) is 0 Å². The maximum Gasteiger partial charge on any atom is 0.0737 e. The van der Waals surface area contributed by atoms with Gasteiger partial charge >= 0.3 is 0 Å². The Kier molecular flexibility index (Phi) is 10.6. The molecule has 0 atom stereocenters. The molecule has 0 saturated carbocycles. The molecule has 0 unspecified atom stereocenters. The number of aromatic amines is 1. The van der Waals surface area contributed by atoms with Crippen molar-refractivity contribution >= 4 is 57.3 Å². The zero-order valence-electron chi connectivity index (χ0n) is 32.3. The molecule has 8 bridgehead atoms. The number of aromatic nitrogens is 5. The van der Waals surface area contributed by atoms with Crippen molar-refractivity contribution in [1.29, 1.82) is 0 Å². The fourth-order valence-corrected chi connectivity index (χ4v) is 7.83. The fraction of sp³-hybridized carbons (Fsp3) is 0. The molecule has 5 nitrogen and oxygen atoms in total. The van der Waals surface area contributed by atoms with E-state index in [0.29, 0.717) is 0 Å². The first-order valence-corrected chi connectivity index (χ1v) is 19.4. The summed E-state index contributed by atoms with van der Waals surface area (Å²) in [6.07, 6.45) is 10.2. The van der Waals surface area contributed by atoms with Gasteiger partial charge < -0.3 is 9.55 Å². The van der Waals surface area contributed by atoms with Crippen molar-refractivity contribution < 1.29 is 19.5 Å². The van der Waals surface area contributed by atoms with E-state index in [1.807, 2.05) is 30.5 Å². The maximum atomic E-state index is 5.29. The molecule has 5 aromatic carbocycles. The second-order valence-electron chi connectivity index (χ2n) is 14.2. The summed E-state index contributed by atoms with van der Waals surface area (Å²) in [7, 11) is 0. The molecule has 0 saturated heterocycles. The van der Waals surface area contributed by atoms with Crippen LogP contribution in [-0.2, 0) is 19.5 Å². The third kappa shape index (κ3) is 7.62. The van der Waals surface area contributed by atoms with E-state index in [2.05, 4.69) is 203 Å². The van der Waals surface area contributed by atoms with E-state index in [9.17, 15) is 0 Å². The van der Waals surface area contributed by atoms with E-state index < -0.39 is 0 Å².